The van der Waals surface area contributed by atoms with E-state index in [0.29, 0.717) is 6.04 Å². The molecule has 14 heavy (non-hydrogen) atoms. The van der Waals surface area contributed by atoms with Crippen molar-refractivity contribution in [2.75, 3.05) is 13.2 Å². The Morgan fingerprint density at radius 1 is 1.71 bits per heavy atom. The molecule has 0 saturated carbocycles. The van der Waals surface area contributed by atoms with E-state index in [4.69, 9.17) is 4.74 Å². The standard InChI is InChI=1S/C9H16N4O/c1-13-9(11-7-12-13)5-10-8-3-2-4-14-6-8/h7-8,10H,2-6H2,1H3. The van der Waals surface area contributed by atoms with Crippen LogP contribution in [-0.4, -0.2) is 34.0 Å². The summed E-state index contributed by atoms with van der Waals surface area (Å²) in [5.74, 6) is 0.968. The van der Waals surface area contributed by atoms with E-state index in [2.05, 4.69) is 15.4 Å². The first-order valence-corrected chi connectivity index (χ1v) is 5.00. The van der Waals surface area contributed by atoms with Crippen LogP contribution < -0.4 is 5.32 Å². The van der Waals surface area contributed by atoms with Crippen molar-refractivity contribution in [3.8, 4) is 0 Å². The summed E-state index contributed by atoms with van der Waals surface area (Å²) >= 11 is 0. The first-order valence-electron chi connectivity index (χ1n) is 5.00. The van der Waals surface area contributed by atoms with Crippen LogP contribution in [0.5, 0.6) is 0 Å². The molecule has 0 aliphatic carbocycles. The van der Waals surface area contributed by atoms with Crippen molar-refractivity contribution in [2.45, 2.75) is 25.4 Å². The number of hydrogen-bond acceptors (Lipinski definition) is 4. The molecule has 0 radical (unpaired) electrons. The summed E-state index contributed by atoms with van der Waals surface area (Å²) in [7, 11) is 1.90. The molecule has 1 fully saturated rings. The fourth-order valence-corrected chi connectivity index (χ4v) is 1.62. The zero-order chi connectivity index (χ0) is 9.80. The fourth-order valence-electron chi connectivity index (χ4n) is 1.62. The van der Waals surface area contributed by atoms with Gasteiger partial charge in [-0.05, 0) is 12.8 Å². The fraction of sp³-hybridized carbons (Fsp3) is 0.778. The monoisotopic (exact) mass is 196 g/mol. The summed E-state index contributed by atoms with van der Waals surface area (Å²) < 4.78 is 7.17. The molecule has 0 spiro atoms. The van der Waals surface area contributed by atoms with Gasteiger partial charge in [0.2, 0.25) is 0 Å². The second-order valence-corrected chi connectivity index (χ2v) is 3.59. The first-order chi connectivity index (χ1) is 6.86. The summed E-state index contributed by atoms with van der Waals surface area (Å²) in [4.78, 5) is 4.15. The van der Waals surface area contributed by atoms with E-state index in [-0.39, 0.29) is 0 Å². The van der Waals surface area contributed by atoms with Gasteiger partial charge in [0, 0.05) is 19.7 Å². The number of aryl methyl sites for hydroxylation is 1. The minimum absolute atomic E-state index is 0.473. The van der Waals surface area contributed by atoms with Crippen molar-refractivity contribution in [1.82, 2.24) is 20.1 Å². The Morgan fingerprint density at radius 2 is 2.64 bits per heavy atom. The minimum Gasteiger partial charge on any atom is -0.380 e. The maximum atomic E-state index is 5.38. The lowest BCUT2D eigenvalue weighted by molar-refractivity contribution is 0.0696. The van der Waals surface area contributed by atoms with Crippen molar-refractivity contribution in [3.63, 3.8) is 0 Å². The predicted octanol–water partition coefficient (Wildman–Crippen LogP) is 0.0837. The molecule has 0 amide bonds. The number of rotatable bonds is 3. The molecule has 0 bridgehead atoms. The van der Waals surface area contributed by atoms with E-state index in [1.54, 1.807) is 11.0 Å². The molecule has 1 aliphatic heterocycles. The molecule has 0 aromatic carbocycles. The Hall–Kier alpha value is -0.940. The smallest absolute Gasteiger partial charge is 0.140 e. The first kappa shape index (κ1) is 9.61. The molecule has 1 aromatic heterocycles. The highest BCUT2D eigenvalue weighted by Crippen LogP contribution is 2.06. The molecule has 2 heterocycles. The molecule has 5 nitrogen and oxygen atoms in total. The molecule has 1 aromatic rings. The van der Waals surface area contributed by atoms with Gasteiger partial charge in [0.1, 0.15) is 12.2 Å². The molecule has 78 valence electrons. The average Bonchev–Trinajstić information content (AvgIpc) is 2.63. The second-order valence-electron chi connectivity index (χ2n) is 3.59. The van der Waals surface area contributed by atoms with Gasteiger partial charge in [-0.25, -0.2) is 4.98 Å². The molecule has 5 heteroatoms. The summed E-state index contributed by atoms with van der Waals surface area (Å²) in [6.07, 6.45) is 3.92. The second kappa shape index (κ2) is 4.52. The third kappa shape index (κ3) is 2.30. The van der Waals surface area contributed by atoms with Crippen LogP contribution >= 0.6 is 0 Å². The lowest BCUT2D eigenvalue weighted by atomic mass is 10.1. The predicted molar refractivity (Wildman–Crippen MR) is 51.7 cm³/mol. The molecular weight excluding hydrogens is 180 g/mol. The highest BCUT2D eigenvalue weighted by molar-refractivity contribution is 4.84. The van der Waals surface area contributed by atoms with Gasteiger partial charge in [-0.15, -0.1) is 0 Å². The Morgan fingerprint density at radius 3 is 3.29 bits per heavy atom. The third-order valence-corrected chi connectivity index (χ3v) is 2.51. The quantitative estimate of drug-likeness (QED) is 0.744. The van der Waals surface area contributed by atoms with Crippen LogP contribution in [-0.2, 0) is 18.3 Å². The summed E-state index contributed by atoms with van der Waals surface area (Å²) in [5, 5.41) is 7.43. The van der Waals surface area contributed by atoms with Gasteiger partial charge >= 0.3 is 0 Å². The summed E-state index contributed by atoms with van der Waals surface area (Å²) in [6, 6.07) is 0.473. The summed E-state index contributed by atoms with van der Waals surface area (Å²) in [5.41, 5.74) is 0. The Kier molecular flexibility index (Phi) is 3.10. The van der Waals surface area contributed by atoms with Crippen LogP contribution in [0.15, 0.2) is 6.33 Å². The number of aromatic nitrogens is 3. The molecule has 1 atom stereocenters. The number of nitrogens with zero attached hydrogens (tertiary/aromatic N) is 3. The Labute approximate surface area is 83.5 Å². The molecule has 1 unspecified atom stereocenters. The molecule has 1 saturated heterocycles. The largest absolute Gasteiger partial charge is 0.380 e. The third-order valence-electron chi connectivity index (χ3n) is 2.51. The topological polar surface area (TPSA) is 52.0 Å². The van der Waals surface area contributed by atoms with E-state index in [1.807, 2.05) is 7.05 Å². The van der Waals surface area contributed by atoms with Gasteiger partial charge in [0.05, 0.1) is 13.2 Å². The van der Waals surface area contributed by atoms with Crippen molar-refractivity contribution in [2.24, 2.45) is 7.05 Å². The zero-order valence-corrected chi connectivity index (χ0v) is 8.44. The van der Waals surface area contributed by atoms with Crippen molar-refractivity contribution in [1.29, 1.82) is 0 Å². The van der Waals surface area contributed by atoms with Gasteiger partial charge in [0.25, 0.3) is 0 Å². The normalized spacial score (nSPS) is 22.5. The van der Waals surface area contributed by atoms with Crippen molar-refractivity contribution < 1.29 is 4.74 Å². The van der Waals surface area contributed by atoms with Crippen LogP contribution in [0.2, 0.25) is 0 Å². The van der Waals surface area contributed by atoms with E-state index >= 15 is 0 Å². The zero-order valence-electron chi connectivity index (χ0n) is 8.44. The summed E-state index contributed by atoms with van der Waals surface area (Å²) in [6.45, 7) is 2.49. The maximum absolute atomic E-state index is 5.38. The van der Waals surface area contributed by atoms with E-state index in [9.17, 15) is 0 Å². The van der Waals surface area contributed by atoms with Gasteiger partial charge in [0.15, 0.2) is 0 Å². The Bertz CT molecular complexity index is 280. The van der Waals surface area contributed by atoms with E-state index in [1.165, 1.54) is 6.42 Å². The van der Waals surface area contributed by atoms with Gasteiger partial charge in [-0.1, -0.05) is 0 Å². The minimum atomic E-state index is 0.473. The van der Waals surface area contributed by atoms with Crippen molar-refractivity contribution >= 4 is 0 Å². The lowest BCUT2D eigenvalue weighted by Crippen LogP contribution is -2.36. The van der Waals surface area contributed by atoms with Crippen LogP contribution in [0.3, 0.4) is 0 Å². The van der Waals surface area contributed by atoms with Gasteiger partial charge in [-0.3, -0.25) is 4.68 Å². The van der Waals surface area contributed by atoms with E-state index < -0.39 is 0 Å². The van der Waals surface area contributed by atoms with Crippen molar-refractivity contribution in [3.05, 3.63) is 12.2 Å². The van der Waals surface area contributed by atoms with Crippen LogP contribution in [0.4, 0.5) is 0 Å². The number of hydrogen-bond donors (Lipinski definition) is 1. The Balaban J connectivity index is 1.79. The average molecular weight is 196 g/mol. The van der Waals surface area contributed by atoms with E-state index in [0.717, 1.165) is 32.0 Å². The highest BCUT2D eigenvalue weighted by atomic mass is 16.5. The lowest BCUT2D eigenvalue weighted by Gasteiger charge is -2.22. The van der Waals surface area contributed by atoms with Gasteiger partial charge in [-0.2, -0.15) is 5.10 Å². The molecule has 1 aliphatic rings. The SMILES string of the molecule is Cn1ncnc1CNC1CCCOC1. The molecular formula is C9H16N4O. The maximum Gasteiger partial charge on any atom is 0.140 e. The highest BCUT2D eigenvalue weighted by Gasteiger charge is 2.13. The van der Waals surface area contributed by atoms with Crippen LogP contribution in [0, 0.1) is 0 Å². The number of nitrogens with one attached hydrogen (secondary N) is 1. The molecule has 2 rings (SSSR count). The van der Waals surface area contributed by atoms with Gasteiger partial charge < -0.3 is 10.1 Å². The number of ether oxygens (including phenoxy) is 1. The van der Waals surface area contributed by atoms with Crippen LogP contribution in [0.1, 0.15) is 18.7 Å². The van der Waals surface area contributed by atoms with Crippen LogP contribution in [0.25, 0.3) is 0 Å². The molecule has 1 N–H and O–H groups in total.